The van der Waals surface area contributed by atoms with Gasteiger partial charge in [0.25, 0.3) is 0 Å². The van der Waals surface area contributed by atoms with Crippen LogP contribution in [0.1, 0.15) is 5.56 Å². The van der Waals surface area contributed by atoms with E-state index in [1.54, 1.807) is 6.20 Å². The zero-order valence-corrected chi connectivity index (χ0v) is 13.3. The van der Waals surface area contributed by atoms with E-state index in [2.05, 4.69) is 51.9 Å². The van der Waals surface area contributed by atoms with Crippen LogP contribution < -0.4 is 9.47 Å². The molecule has 3 rings (SSSR count). The second kappa shape index (κ2) is 6.92. The number of thiol groups is 1. The molecule has 2 aliphatic rings. The molecule has 1 aromatic rings. The lowest BCUT2D eigenvalue weighted by Gasteiger charge is -2.35. The van der Waals surface area contributed by atoms with E-state index in [-0.39, 0.29) is 0 Å². The lowest BCUT2D eigenvalue weighted by Crippen LogP contribution is -2.47. The predicted molar refractivity (Wildman–Crippen MR) is 89.5 cm³/mol. The number of fused-ring (bicyclic) bond motifs is 1. The molecule has 116 valence electrons. The average molecular weight is 317 g/mol. The second-order valence-corrected chi connectivity index (χ2v) is 5.61. The molecule has 2 aliphatic heterocycles. The molecule has 0 amide bonds. The van der Waals surface area contributed by atoms with Crippen molar-refractivity contribution in [2.45, 2.75) is 6.54 Å². The van der Waals surface area contributed by atoms with Crippen LogP contribution in [0.3, 0.4) is 0 Å². The quantitative estimate of drug-likeness (QED) is 0.401. The molecule has 0 atom stereocenters. The highest BCUT2D eigenvalue weighted by molar-refractivity contribution is 7.96. The molecule has 2 heterocycles. The molecule has 5 nitrogen and oxygen atoms in total. The van der Waals surface area contributed by atoms with E-state index < -0.39 is 0 Å². The first-order valence-corrected chi connectivity index (χ1v) is 7.68. The van der Waals surface area contributed by atoms with Crippen LogP contribution in [0.2, 0.25) is 0 Å². The monoisotopic (exact) mass is 317 g/mol. The SMILES string of the molecule is C=C=C/N=C(\S)N1CCN(Cc2ccc3c(c2)OCO3)CC1. The van der Waals surface area contributed by atoms with Gasteiger partial charge in [-0.1, -0.05) is 12.6 Å². The van der Waals surface area contributed by atoms with Crippen molar-refractivity contribution in [3.8, 4) is 11.5 Å². The van der Waals surface area contributed by atoms with Crippen molar-refractivity contribution in [3.63, 3.8) is 0 Å². The fraction of sp³-hybridized carbons (Fsp3) is 0.375. The van der Waals surface area contributed by atoms with Crippen LogP contribution >= 0.6 is 12.6 Å². The third-order valence-electron chi connectivity index (χ3n) is 3.77. The normalized spacial score (nSPS) is 18.2. The summed E-state index contributed by atoms with van der Waals surface area (Å²) in [6, 6.07) is 6.14. The highest BCUT2D eigenvalue weighted by Gasteiger charge is 2.19. The Bertz CT molecular complexity index is 618. The molecule has 0 N–H and O–H groups in total. The van der Waals surface area contributed by atoms with Crippen LogP contribution in [0.4, 0.5) is 0 Å². The highest BCUT2D eigenvalue weighted by atomic mass is 32.1. The van der Waals surface area contributed by atoms with Crippen molar-refractivity contribution in [1.82, 2.24) is 9.80 Å². The van der Waals surface area contributed by atoms with E-state index in [0.717, 1.165) is 49.4 Å². The summed E-state index contributed by atoms with van der Waals surface area (Å²) in [5.74, 6) is 1.68. The molecule has 0 aliphatic carbocycles. The Balaban J connectivity index is 1.55. The fourth-order valence-corrected chi connectivity index (χ4v) is 2.85. The number of aliphatic imine (C=N–C) groups is 1. The summed E-state index contributed by atoms with van der Waals surface area (Å²) in [5.41, 5.74) is 3.87. The van der Waals surface area contributed by atoms with Gasteiger partial charge in [-0.2, -0.15) is 0 Å². The van der Waals surface area contributed by atoms with Crippen LogP contribution in [0.15, 0.2) is 41.7 Å². The van der Waals surface area contributed by atoms with E-state index in [0.29, 0.717) is 6.79 Å². The molecule has 0 saturated carbocycles. The minimum atomic E-state index is 0.320. The van der Waals surface area contributed by atoms with Gasteiger partial charge in [-0.05, 0) is 17.7 Å². The van der Waals surface area contributed by atoms with Crippen LogP contribution in [-0.2, 0) is 6.54 Å². The van der Waals surface area contributed by atoms with Crippen LogP contribution in [0, 0.1) is 0 Å². The van der Waals surface area contributed by atoms with E-state index in [4.69, 9.17) is 9.47 Å². The molecule has 0 aromatic heterocycles. The molecule has 0 unspecified atom stereocenters. The van der Waals surface area contributed by atoms with Gasteiger partial charge >= 0.3 is 0 Å². The smallest absolute Gasteiger partial charge is 0.231 e. The van der Waals surface area contributed by atoms with Crippen molar-refractivity contribution in [2.75, 3.05) is 33.0 Å². The summed E-state index contributed by atoms with van der Waals surface area (Å²) < 4.78 is 10.8. The zero-order chi connectivity index (χ0) is 15.4. The molecule has 1 aromatic carbocycles. The minimum Gasteiger partial charge on any atom is -0.454 e. The topological polar surface area (TPSA) is 37.3 Å². The van der Waals surface area contributed by atoms with Gasteiger partial charge in [0, 0.05) is 32.7 Å². The van der Waals surface area contributed by atoms with Crippen molar-refractivity contribution >= 4 is 17.8 Å². The number of hydrogen-bond donors (Lipinski definition) is 1. The summed E-state index contributed by atoms with van der Waals surface area (Å²) in [6.07, 6.45) is 1.54. The summed E-state index contributed by atoms with van der Waals surface area (Å²) >= 11 is 4.41. The Morgan fingerprint density at radius 1 is 1.27 bits per heavy atom. The van der Waals surface area contributed by atoms with Gasteiger partial charge in [0.05, 0.1) is 6.20 Å². The standard InChI is InChI=1S/C16H19N3O2S/c1-2-5-17-16(22)19-8-6-18(7-9-19)11-13-3-4-14-15(10-13)21-12-20-14/h3-5,10H,1,6-9,11-12H2,(H,17,22). The largest absolute Gasteiger partial charge is 0.454 e. The van der Waals surface area contributed by atoms with Gasteiger partial charge in [-0.25, -0.2) is 4.99 Å². The van der Waals surface area contributed by atoms with Crippen LogP contribution in [-0.4, -0.2) is 47.9 Å². The number of nitrogens with zero attached hydrogens (tertiary/aromatic N) is 3. The van der Waals surface area contributed by atoms with Gasteiger partial charge in [-0.3, -0.25) is 4.90 Å². The molecule has 0 spiro atoms. The lowest BCUT2D eigenvalue weighted by molar-refractivity contribution is 0.173. The molecule has 1 saturated heterocycles. The Morgan fingerprint density at radius 3 is 2.82 bits per heavy atom. The van der Waals surface area contributed by atoms with E-state index in [1.165, 1.54) is 5.56 Å². The second-order valence-electron chi connectivity index (χ2n) is 5.21. The molecular formula is C16H19N3O2S. The minimum absolute atomic E-state index is 0.320. The fourth-order valence-electron chi connectivity index (χ4n) is 2.59. The third kappa shape index (κ3) is 3.47. The molecule has 6 heteroatoms. The average Bonchev–Trinajstić information content (AvgIpc) is 3.01. The van der Waals surface area contributed by atoms with Crippen molar-refractivity contribution in [3.05, 3.63) is 42.3 Å². The first-order valence-electron chi connectivity index (χ1n) is 7.23. The molecule has 0 radical (unpaired) electrons. The lowest BCUT2D eigenvalue weighted by atomic mass is 10.1. The van der Waals surface area contributed by atoms with Crippen LogP contribution in [0.25, 0.3) is 0 Å². The number of amidine groups is 1. The van der Waals surface area contributed by atoms with E-state index in [9.17, 15) is 0 Å². The Morgan fingerprint density at radius 2 is 2.05 bits per heavy atom. The van der Waals surface area contributed by atoms with Crippen molar-refractivity contribution in [1.29, 1.82) is 0 Å². The summed E-state index contributed by atoms with van der Waals surface area (Å²) in [4.78, 5) is 8.75. The van der Waals surface area contributed by atoms with Crippen molar-refractivity contribution < 1.29 is 9.47 Å². The van der Waals surface area contributed by atoms with E-state index in [1.807, 2.05) is 6.07 Å². The van der Waals surface area contributed by atoms with Gasteiger partial charge in [0.15, 0.2) is 16.7 Å². The predicted octanol–water partition coefficient (Wildman–Crippen LogP) is 2.12. The Hall–Kier alpha value is -1.88. The number of rotatable bonds is 3. The Labute approximate surface area is 135 Å². The maximum absolute atomic E-state index is 5.43. The summed E-state index contributed by atoms with van der Waals surface area (Å²) in [7, 11) is 0. The number of piperazine rings is 1. The maximum Gasteiger partial charge on any atom is 0.231 e. The Kier molecular flexibility index (Phi) is 4.73. The number of ether oxygens (including phenoxy) is 2. The maximum atomic E-state index is 5.43. The van der Waals surface area contributed by atoms with E-state index >= 15 is 0 Å². The number of hydrogen-bond acceptors (Lipinski definition) is 4. The third-order valence-corrected chi connectivity index (χ3v) is 4.17. The first-order chi connectivity index (χ1) is 10.8. The van der Waals surface area contributed by atoms with Gasteiger partial charge in [0.2, 0.25) is 6.79 Å². The highest BCUT2D eigenvalue weighted by Crippen LogP contribution is 2.32. The zero-order valence-electron chi connectivity index (χ0n) is 12.4. The van der Waals surface area contributed by atoms with Gasteiger partial charge in [0.1, 0.15) is 0 Å². The molecule has 22 heavy (non-hydrogen) atoms. The molecular weight excluding hydrogens is 298 g/mol. The van der Waals surface area contributed by atoms with Gasteiger partial charge < -0.3 is 14.4 Å². The molecule has 1 fully saturated rings. The van der Waals surface area contributed by atoms with Crippen LogP contribution in [0.5, 0.6) is 11.5 Å². The first kappa shape index (κ1) is 15.0. The van der Waals surface area contributed by atoms with Crippen molar-refractivity contribution in [2.24, 2.45) is 4.99 Å². The number of benzene rings is 1. The summed E-state index contributed by atoms with van der Waals surface area (Å²) in [5, 5.41) is 0.721. The molecule has 0 bridgehead atoms. The van der Waals surface area contributed by atoms with Gasteiger partial charge in [-0.15, -0.1) is 18.4 Å². The summed E-state index contributed by atoms with van der Waals surface area (Å²) in [6.45, 7) is 8.51.